The molecule has 1 unspecified atom stereocenters. The number of amides is 2. The molecule has 1 aromatic rings. The van der Waals surface area contributed by atoms with Gasteiger partial charge in [-0.05, 0) is 63.8 Å². The normalized spacial score (nSPS) is 20.1. The Hall–Kier alpha value is -2.32. The molecule has 2 aliphatic rings. The highest BCUT2D eigenvalue weighted by Crippen LogP contribution is 2.19. The van der Waals surface area contributed by atoms with E-state index in [9.17, 15) is 9.59 Å². The van der Waals surface area contributed by atoms with Crippen molar-refractivity contribution in [2.24, 2.45) is 5.92 Å². The molecule has 3 rings (SSSR count). The zero-order chi connectivity index (χ0) is 24.7. The molecule has 2 fully saturated rings. The molecule has 0 saturated carbocycles. The molecule has 34 heavy (non-hydrogen) atoms. The van der Waals surface area contributed by atoms with Gasteiger partial charge in [0.15, 0.2) is 0 Å². The summed E-state index contributed by atoms with van der Waals surface area (Å²) in [5.41, 5.74) is 0.769. The Morgan fingerprint density at radius 2 is 1.71 bits per heavy atom. The fourth-order valence-electron chi connectivity index (χ4n) is 4.68. The number of methoxy groups -OCH3 is 1. The minimum atomic E-state index is -0.491. The predicted octanol–water partition coefficient (Wildman–Crippen LogP) is 2.92. The molecule has 1 aromatic carbocycles. The zero-order valence-corrected chi connectivity index (χ0v) is 21.6. The first-order chi connectivity index (χ1) is 16.1. The molecule has 0 aromatic heterocycles. The van der Waals surface area contributed by atoms with Gasteiger partial charge in [-0.1, -0.05) is 12.1 Å². The summed E-state index contributed by atoms with van der Waals surface area (Å²) in [5.74, 6) is 1.45. The van der Waals surface area contributed by atoms with Crippen LogP contribution in [0.5, 0.6) is 5.75 Å². The van der Waals surface area contributed by atoms with Gasteiger partial charge in [-0.2, -0.15) is 0 Å². The Kier molecular flexibility index (Phi) is 9.19. The summed E-state index contributed by atoms with van der Waals surface area (Å²) in [7, 11) is 3.47. The Balaban J connectivity index is 1.40. The van der Waals surface area contributed by atoms with Gasteiger partial charge in [0.25, 0.3) is 0 Å². The van der Waals surface area contributed by atoms with Crippen LogP contribution in [0.2, 0.25) is 0 Å². The Morgan fingerprint density at radius 3 is 2.32 bits per heavy atom. The van der Waals surface area contributed by atoms with Crippen molar-refractivity contribution in [2.75, 3.05) is 66.5 Å². The molecule has 8 heteroatoms. The van der Waals surface area contributed by atoms with Crippen LogP contribution in [0.1, 0.15) is 39.2 Å². The minimum Gasteiger partial charge on any atom is -0.497 e. The van der Waals surface area contributed by atoms with Crippen molar-refractivity contribution in [1.82, 2.24) is 19.6 Å². The number of hydrogen-bond donors (Lipinski definition) is 0. The maximum Gasteiger partial charge on any atom is 0.410 e. The fourth-order valence-corrected chi connectivity index (χ4v) is 4.68. The maximum absolute atomic E-state index is 13.0. The molecular formula is C26H42N4O4. The number of hydrogen-bond acceptors (Lipinski definition) is 6. The average molecular weight is 475 g/mol. The highest BCUT2D eigenvalue weighted by atomic mass is 16.6. The fraction of sp³-hybridized carbons (Fsp3) is 0.692. The lowest BCUT2D eigenvalue weighted by atomic mass is 9.97. The highest BCUT2D eigenvalue weighted by Gasteiger charge is 2.28. The molecule has 0 radical (unpaired) electrons. The minimum absolute atomic E-state index is 0.213. The first-order valence-corrected chi connectivity index (χ1v) is 12.4. The number of likely N-dealkylation sites (tertiary alicyclic amines) is 1. The van der Waals surface area contributed by atoms with Crippen molar-refractivity contribution in [1.29, 1.82) is 0 Å². The van der Waals surface area contributed by atoms with Crippen LogP contribution in [-0.2, 0) is 16.1 Å². The van der Waals surface area contributed by atoms with Crippen LogP contribution in [0.3, 0.4) is 0 Å². The van der Waals surface area contributed by atoms with Gasteiger partial charge in [-0.15, -0.1) is 0 Å². The molecule has 1 atom stereocenters. The number of nitrogens with zero attached hydrogens (tertiary/aromatic N) is 4. The van der Waals surface area contributed by atoms with E-state index in [1.807, 2.05) is 37.8 Å². The molecule has 0 aliphatic carbocycles. The number of ether oxygens (including phenoxy) is 2. The van der Waals surface area contributed by atoms with Crippen LogP contribution >= 0.6 is 0 Å². The van der Waals surface area contributed by atoms with Gasteiger partial charge in [0.05, 0.1) is 13.7 Å². The van der Waals surface area contributed by atoms with Gasteiger partial charge in [0.1, 0.15) is 11.4 Å². The topological polar surface area (TPSA) is 65.6 Å². The summed E-state index contributed by atoms with van der Waals surface area (Å²) in [6.45, 7) is 12.8. The number of rotatable bonds is 7. The largest absolute Gasteiger partial charge is 0.497 e. The van der Waals surface area contributed by atoms with Crippen molar-refractivity contribution >= 4 is 12.0 Å². The quantitative estimate of drug-likeness (QED) is 0.606. The summed E-state index contributed by atoms with van der Waals surface area (Å²) in [4.78, 5) is 33.6. The third kappa shape index (κ3) is 8.17. The van der Waals surface area contributed by atoms with Crippen molar-refractivity contribution < 1.29 is 19.1 Å². The Bertz CT molecular complexity index is 800. The second kappa shape index (κ2) is 11.9. The Labute approximate surface area is 204 Å². The molecular weight excluding hydrogens is 432 g/mol. The molecule has 2 amide bonds. The van der Waals surface area contributed by atoms with Crippen LogP contribution in [0.25, 0.3) is 0 Å². The molecule has 0 N–H and O–H groups in total. The Morgan fingerprint density at radius 1 is 1.03 bits per heavy atom. The maximum atomic E-state index is 13.0. The van der Waals surface area contributed by atoms with E-state index in [1.54, 1.807) is 19.1 Å². The lowest BCUT2D eigenvalue weighted by Crippen LogP contribution is -2.52. The van der Waals surface area contributed by atoms with E-state index in [0.29, 0.717) is 19.0 Å². The third-order valence-electron chi connectivity index (χ3n) is 6.49. The zero-order valence-electron chi connectivity index (χ0n) is 21.6. The van der Waals surface area contributed by atoms with Crippen LogP contribution < -0.4 is 4.74 Å². The number of benzene rings is 1. The van der Waals surface area contributed by atoms with Crippen LogP contribution in [0.4, 0.5) is 4.79 Å². The third-order valence-corrected chi connectivity index (χ3v) is 6.49. The SMILES string of the molecule is COc1ccc(CN2CCN(C(=O)CN3CCCC(CN(C)C(=O)OC(C)(C)C)C3)CC2)cc1. The van der Waals surface area contributed by atoms with Crippen LogP contribution in [0.15, 0.2) is 24.3 Å². The van der Waals surface area contributed by atoms with E-state index in [2.05, 4.69) is 21.9 Å². The van der Waals surface area contributed by atoms with Crippen LogP contribution in [-0.4, -0.2) is 104 Å². The lowest BCUT2D eigenvalue weighted by molar-refractivity contribution is -0.134. The monoisotopic (exact) mass is 474 g/mol. The van der Waals surface area contributed by atoms with Crippen molar-refractivity contribution in [2.45, 2.75) is 45.8 Å². The number of piperazine rings is 1. The average Bonchev–Trinajstić information content (AvgIpc) is 2.79. The van der Waals surface area contributed by atoms with Gasteiger partial charge in [0.2, 0.25) is 5.91 Å². The standard InChI is InChI=1S/C26H42N4O4/c1-26(2,3)34-25(32)27(4)17-22-7-6-12-29(19-22)20-24(31)30-15-13-28(14-16-30)18-21-8-10-23(33-5)11-9-21/h8-11,22H,6-7,12-20H2,1-5H3. The predicted molar refractivity (Wildman–Crippen MR) is 133 cm³/mol. The molecule has 2 heterocycles. The van der Waals surface area contributed by atoms with Crippen LogP contribution in [0, 0.1) is 5.92 Å². The van der Waals surface area contributed by atoms with E-state index in [0.717, 1.165) is 64.4 Å². The number of carbonyl (C=O) groups excluding carboxylic acids is 2. The first kappa shape index (κ1) is 26.3. The highest BCUT2D eigenvalue weighted by molar-refractivity contribution is 5.78. The number of carbonyl (C=O) groups is 2. The molecule has 2 saturated heterocycles. The molecule has 8 nitrogen and oxygen atoms in total. The van der Waals surface area contributed by atoms with Gasteiger partial charge in [0, 0.05) is 52.9 Å². The van der Waals surface area contributed by atoms with Gasteiger partial charge >= 0.3 is 6.09 Å². The van der Waals surface area contributed by atoms with Crippen molar-refractivity contribution in [3.05, 3.63) is 29.8 Å². The number of piperidine rings is 1. The molecule has 2 aliphatic heterocycles. The van der Waals surface area contributed by atoms with Gasteiger partial charge in [-0.3, -0.25) is 14.6 Å². The summed E-state index contributed by atoms with van der Waals surface area (Å²) < 4.78 is 10.7. The second-order valence-electron chi connectivity index (χ2n) is 10.6. The van der Waals surface area contributed by atoms with Gasteiger partial charge in [-0.25, -0.2) is 4.79 Å². The first-order valence-electron chi connectivity index (χ1n) is 12.4. The summed E-state index contributed by atoms with van der Waals surface area (Å²) in [6, 6.07) is 8.19. The molecule has 0 spiro atoms. The van der Waals surface area contributed by atoms with E-state index in [-0.39, 0.29) is 12.0 Å². The van der Waals surface area contributed by atoms with E-state index < -0.39 is 5.60 Å². The molecule has 0 bridgehead atoms. The van der Waals surface area contributed by atoms with Gasteiger partial charge < -0.3 is 19.3 Å². The summed E-state index contributed by atoms with van der Waals surface area (Å²) in [6.07, 6.45) is 1.84. The molecule has 190 valence electrons. The van der Waals surface area contributed by atoms with E-state index in [1.165, 1.54) is 5.56 Å². The van der Waals surface area contributed by atoms with Crippen molar-refractivity contribution in [3.8, 4) is 5.75 Å². The summed E-state index contributed by atoms with van der Waals surface area (Å²) >= 11 is 0. The smallest absolute Gasteiger partial charge is 0.410 e. The summed E-state index contributed by atoms with van der Waals surface area (Å²) in [5, 5.41) is 0. The van der Waals surface area contributed by atoms with E-state index in [4.69, 9.17) is 9.47 Å². The second-order valence-corrected chi connectivity index (χ2v) is 10.6. The van der Waals surface area contributed by atoms with E-state index >= 15 is 0 Å². The van der Waals surface area contributed by atoms with Crippen molar-refractivity contribution in [3.63, 3.8) is 0 Å². The lowest BCUT2D eigenvalue weighted by Gasteiger charge is -2.38.